The molecule has 0 aromatic carbocycles. The minimum atomic E-state index is 0. The first kappa shape index (κ1) is 21.2. The zero-order valence-corrected chi connectivity index (χ0v) is 18.6. The summed E-state index contributed by atoms with van der Waals surface area (Å²) in [5.41, 5.74) is 0.621. The lowest BCUT2D eigenvalue weighted by molar-refractivity contribution is 0.273. The lowest BCUT2D eigenvalue weighted by Crippen LogP contribution is -2.42. The van der Waals surface area contributed by atoms with Gasteiger partial charge in [-0.15, -0.1) is 24.0 Å². The largest absolute Gasteiger partial charge is 0.356 e. The number of nitrogens with one attached hydrogen (secondary N) is 1. The van der Waals surface area contributed by atoms with E-state index in [9.17, 15) is 0 Å². The van der Waals surface area contributed by atoms with Gasteiger partial charge < -0.3 is 20.0 Å². The van der Waals surface area contributed by atoms with Crippen molar-refractivity contribution in [2.75, 3.05) is 66.5 Å². The zero-order chi connectivity index (χ0) is 16.8. The quantitative estimate of drug-likeness (QED) is 0.301. The monoisotopic (exact) mass is 463 g/mol. The third kappa shape index (κ3) is 5.96. The van der Waals surface area contributed by atoms with Crippen LogP contribution < -0.4 is 5.32 Å². The third-order valence-electron chi connectivity index (χ3n) is 6.36. The van der Waals surface area contributed by atoms with Gasteiger partial charge in [0.05, 0.1) is 0 Å². The fourth-order valence-electron chi connectivity index (χ4n) is 4.81. The molecular weight excluding hydrogens is 425 g/mol. The van der Waals surface area contributed by atoms with E-state index in [1.165, 1.54) is 90.8 Å². The molecule has 1 spiro atoms. The summed E-state index contributed by atoms with van der Waals surface area (Å²) in [6, 6.07) is 0. The molecule has 25 heavy (non-hydrogen) atoms. The van der Waals surface area contributed by atoms with E-state index in [4.69, 9.17) is 0 Å². The molecule has 0 unspecified atom stereocenters. The second-order valence-electron chi connectivity index (χ2n) is 8.20. The maximum atomic E-state index is 4.55. The number of likely N-dealkylation sites (N-methyl/N-ethyl adjacent to an activating group) is 1. The average molecular weight is 463 g/mol. The van der Waals surface area contributed by atoms with Crippen molar-refractivity contribution in [2.45, 2.75) is 44.9 Å². The molecule has 1 saturated carbocycles. The molecule has 2 saturated heterocycles. The average Bonchev–Trinajstić information content (AvgIpc) is 3.16. The highest BCUT2D eigenvalue weighted by atomic mass is 127. The number of hydrogen-bond acceptors (Lipinski definition) is 3. The predicted molar refractivity (Wildman–Crippen MR) is 117 cm³/mol. The highest BCUT2D eigenvalue weighted by Gasteiger charge is 2.40. The van der Waals surface area contributed by atoms with Crippen LogP contribution in [-0.4, -0.2) is 87.1 Å². The minimum Gasteiger partial charge on any atom is -0.356 e. The lowest BCUT2D eigenvalue weighted by atomic mass is 9.86. The predicted octanol–water partition coefficient (Wildman–Crippen LogP) is 2.47. The van der Waals surface area contributed by atoms with Crippen LogP contribution in [0.2, 0.25) is 0 Å². The maximum absolute atomic E-state index is 4.55. The van der Waals surface area contributed by atoms with E-state index in [1.54, 1.807) is 0 Å². The summed E-state index contributed by atoms with van der Waals surface area (Å²) in [6.45, 7) is 9.62. The van der Waals surface area contributed by atoms with Crippen molar-refractivity contribution in [2.24, 2.45) is 10.4 Å². The van der Waals surface area contributed by atoms with Gasteiger partial charge in [0.1, 0.15) is 0 Å². The SMILES string of the molecule is CN=C(NCCCN1CCCN(C)CC1)N1CCC2(CCCC2)C1.I. The molecule has 2 heterocycles. The van der Waals surface area contributed by atoms with Gasteiger partial charge in [-0.25, -0.2) is 0 Å². The van der Waals surface area contributed by atoms with Gasteiger partial charge in [-0.1, -0.05) is 12.8 Å². The van der Waals surface area contributed by atoms with Gasteiger partial charge in [-0.05, 0) is 64.2 Å². The van der Waals surface area contributed by atoms with Crippen LogP contribution in [0.25, 0.3) is 0 Å². The van der Waals surface area contributed by atoms with Gasteiger partial charge in [-0.3, -0.25) is 4.99 Å². The van der Waals surface area contributed by atoms with Crippen LogP contribution in [0.15, 0.2) is 4.99 Å². The van der Waals surface area contributed by atoms with Crippen LogP contribution in [0.4, 0.5) is 0 Å². The van der Waals surface area contributed by atoms with Crippen molar-refractivity contribution >= 4 is 29.9 Å². The molecule has 6 heteroatoms. The molecule has 3 fully saturated rings. The van der Waals surface area contributed by atoms with Crippen molar-refractivity contribution in [1.29, 1.82) is 0 Å². The smallest absolute Gasteiger partial charge is 0.193 e. The molecule has 0 amide bonds. The molecule has 1 aliphatic carbocycles. The summed E-state index contributed by atoms with van der Waals surface area (Å²) >= 11 is 0. The molecule has 3 rings (SSSR count). The third-order valence-corrected chi connectivity index (χ3v) is 6.36. The Labute approximate surface area is 171 Å². The molecule has 1 N–H and O–H groups in total. The van der Waals surface area contributed by atoms with Crippen molar-refractivity contribution < 1.29 is 0 Å². The summed E-state index contributed by atoms with van der Waals surface area (Å²) in [4.78, 5) is 12.1. The van der Waals surface area contributed by atoms with Crippen LogP contribution in [0, 0.1) is 5.41 Å². The fourth-order valence-corrected chi connectivity index (χ4v) is 4.81. The first-order chi connectivity index (χ1) is 11.7. The number of nitrogens with zero attached hydrogens (tertiary/aromatic N) is 4. The van der Waals surface area contributed by atoms with Crippen molar-refractivity contribution in [1.82, 2.24) is 20.0 Å². The zero-order valence-electron chi connectivity index (χ0n) is 16.3. The van der Waals surface area contributed by atoms with Crippen LogP contribution in [0.3, 0.4) is 0 Å². The Bertz CT molecular complexity index is 422. The van der Waals surface area contributed by atoms with E-state index in [-0.39, 0.29) is 24.0 Å². The van der Waals surface area contributed by atoms with E-state index >= 15 is 0 Å². The summed E-state index contributed by atoms with van der Waals surface area (Å²) in [6.07, 6.45) is 9.63. The second-order valence-corrected chi connectivity index (χ2v) is 8.20. The number of hydrogen-bond donors (Lipinski definition) is 1. The number of rotatable bonds is 4. The van der Waals surface area contributed by atoms with Crippen molar-refractivity contribution in [3.8, 4) is 0 Å². The normalized spacial score (nSPS) is 25.2. The van der Waals surface area contributed by atoms with Crippen molar-refractivity contribution in [3.05, 3.63) is 0 Å². The molecule has 0 radical (unpaired) electrons. The van der Waals surface area contributed by atoms with Crippen molar-refractivity contribution in [3.63, 3.8) is 0 Å². The number of likely N-dealkylation sites (tertiary alicyclic amines) is 1. The molecule has 0 aromatic rings. The highest BCUT2D eigenvalue weighted by Crippen LogP contribution is 2.45. The van der Waals surface area contributed by atoms with Gasteiger partial charge in [0.25, 0.3) is 0 Å². The van der Waals surface area contributed by atoms with Gasteiger partial charge in [0, 0.05) is 39.8 Å². The number of guanidine groups is 1. The molecule has 3 aliphatic rings. The lowest BCUT2D eigenvalue weighted by Gasteiger charge is -2.26. The minimum absolute atomic E-state index is 0. The van der Waals surface area contributed by atoms with Crippen LogP contribution >= 0.6 is 24.0 Å². The Morgan fingerprint density at radius 2 is 1.80 bits per heavy atom. The molecule has 0 bridgehead atoms. The maximum Gasteiger partial charge on any atom is 0.193 e. The number of aliphatic imine (C=N–C) groups is 1. The molecule has 146 valence electrons. The molecule has 5 nitrogen and oxygen atoms in total. The second kappa shape index (κ2) is 10.3. The van der Waals surface area contributed by atoms with Gasteiger partial charge >= 0.3 is 0 Å². The van der Waals surface area contributed by atoms with E-state index < -0.39 is 0 Å². The Morgan fingerprint density at radius 3 is 2.56 bits per heavy atom. The molecular formula is C19H38IN5. The Morgan fingerprint density at radius 1 is 1.00 bits per heavy atom. The topological polar surface area (TPSA) is 34.1 Å². The van der Waals surface area contributed by atoms with E-state index in [1.807, 2.05) is 7.05 Å². The summed E-state index contributed by atoms with van der Waals surface area (Å²) in [5, 5.41) is 3.62. The summed E-state index contributed by atoms with van der Waals surface area (Å²) in [7, 11) is 4.18. The van der Waals surface area contributed by atoms with Crippen LogP contribution in [0.1, 0.15) is 44.9 Å². The van der Waals surface area contributed by atoms with Gasteiger partial charge in [0.15, 0.2) is 5.96 Å². The van der Waals surface area contributed by atoms with Crippen LogP contribution in [-0.2, 0) is 0 Å². The summed E-state index contributed by atoms with van der Waals surface area (Å²) in [5.74, 6) is 1.13. The molecule has 0 aromatic heterocycles. The van der Waals surface area contributed by atoms with E-state index in [0.717, 1.165) is 12.5 Å². The number of halogens is 1. The van der Waals surface area contributed by atoms with E-state index in [0.29, 0.717) is 5.41 Å². The first-order valence-corrected chi connectivity index (χ1v) is 10.1. The Hall–Kier alpha value is -0.0800. The van der Waals surface area contributed by atoms with Crippen LogP contribution in [0.5, 0.6) is 0 Å². The standard InChI is InChI=1S/C19H37N5.HI/c1-20-18(24-14-9-19(17-24)7-3-4-8-19)21-10-5-12-23-13-6-11-22(2)15-16-23;/h3-17H2,1-2H3,(H,20,21);1H. The Balaban J connectivity index is 0.00000225. The summed E-state index contributed by atoms with van der Waals surface area (Å²) < 4.78 is 0. The molecule has 0 atom stereocenters. The highest BCUT2D eigenvalue weighted by molar-refractivity contribution is 14.0. The molecule has 2 aliphatic heterocycles. The fraction of sp³-hybridized carbons (Fsp3) is 0.947. The van der Waals surface area contributed by atoms with Gasteiger partial charge in [0.2, 0.25) is 0 Å². The van der Waals surface area contributed by atoms with Gasteiger partial charge in [-0.2, -0.15) is 0 Å². The Kier molecular flexibility index (Phi) is 8.75. The van der Waals surface area contributed by atoms with E-state index in [2.05, 4.69) is 32.1 Å². The first-order valence-electron chi connectivity index (χ1n) is 10.1.